The standard InChI is InChI=1S/C12H17N3O4/c1-17-9-6-4-8(5-7-9)10(11(18-2)19-3)14-15-12(13)16/h4-7,11H,1-3H3,(H3,13,15,16). The van der Waals surface area contributed by atoms with Gasteiger partial charge in [0.1, 0.15) is 11.5 Å². The fraction of sp³-hybridized carbons (Fsp3) is 0.333. The van der Waals surface area contributed by atoms with Crippen molar-refractivity contribution < 1.29 is 19.0 Å². The van der Waals surface area contributed by atoms with Gasteiger partial charge >= 0.3 is 6.03 Å². The van der Waals surface area contributed by atoms with Crippen molar-refractivity contribution >= 4 is 11.7 Å². The van der Waals surface area contributed by atoms with Crippen LogP contribution in [-0.4, -0.2) is 39.4 Å². The highest BCUT2D eigenvalue weighted by atomic mass is 16.7. The molecule has 0 unspecified atom stereocenters. The topological polar surface area (TPSA) is 95.2 Å². The number of hydrogen-bond donors (Lipinski definition) is 2. The van der Waals surface area contributed by atoms with Gasteiger partial charge in [0.25, 0.3) is 0 Å². The monoisotopic (exact) mass is 267 g/mol. The van der Waals surface area contributed by atoms with Crippen LogP contribution in [0.4, 0.5) is 4.79 Å². The van der Waals surface area contributed by atoms with Crippen LogP contribution >= 0.6 is 0 Å². The van der Waals surface area contributed by atoms with Gasteiger partial charge < -0.3 is 19.9 Å². The summed E-state index contributed by atoms with van der Waals surface area (Å²) in [6.45, 7) is 0. The maximum Gasteiger partial charge on any atom is 0.332 e. The van der Waals surface area contributed by atoms with E-state index in [-0.39, 0.29) is 0 Å². The second-order valence-electron chi connectivity index (χ2n) is 3.50. The van der Waals surface area contributed by atoms with Gasteiger partial charge in [-0.3, -0.25) is 0 Å². The second-order valence-corrected chi connectivity index (χ2v) is 3.50. The number of benzene rings is 1. The molecule has 0 saturated heterocycles. The van der Waals surface area contributed by atoms with Crippen LogP contribution in [0.1, 0.15) is 5.56 Å². The minimum absolute atomic E-state index is 0.395. The molecule has 1 aromatic rings. The van der Waals surface area contributed by atoms with Crippen LogP contribution < -0.4 is 15.9 Å². The van der Waals surface area contributed by atoms with E-state index in [4.69, 9.17) is 19.9 Å². The number of carbonyl (C=O) groups excluding carboxylic acids is 1. The Morgan fingerprint density at radius 1 is 1.21 bits per heavy atom. The highest BCUT2D eigenvalue weighted by Crippen LogP contribution is 2.14. The van der Waals surface area contributed by atoms with Gasteiger partial charge in [0.15, 0.2) is 0 Å². The number of rotatable bonds is 6. The first-order chi connectivity index (χ1) is 9.12. The molecule has 0 heterocycles. The number of amides is 2. The van der Waals surface area contributed by atoms with Crippen molar-refractivity contribution in [2.45, 2.75) is 6.29 Å². The predicted octanol–water partition coefficient (Wildman–Crippen LogP) is 0.686. The molecule has 0 bridgehead atoms. The third-order valence-electron chi connectivity index (χ3n) is 2.32. The van der Waals surface area contributed by atoms with Gasteiger partial charge in [-0.25, -0.2) is 10.2 Å². The number of nitrogens with zero attached hydrogens (tertiary/aromatic N) is 1. The lowest BCUT2D eigenvalue weighted by molar-refractivity contribution is -0.0517. The summed E-state index contributed by atoms with van der Waals surface area (Å²) in [5.74, 6) is 0.706. The normalized spacial score (nSPS) is 11.5. The van der Waals surface area contributed by atoms with Crippen LogP contribution in [0.2, 0.25) is 0 Å². The van der Waals surface area contributed by atoms with E-state index in [1.807, 2.05) is 0 Å². The third-order valence-corrected chi connectivity index (χ3v) is 2.32. The maximum atomic E-state index is 10.7. The summed E-state index contributed by atoms with van der Waals surface area (Å²) < 4.78 is 15.3. The largest absolute Gasteiger partial charge is 0.497 e. The van der Waals surface area contributed by atoms with Crippen molar-refractivity contribution in [2.24, 2.45) is 10.8 Å². The van der Waals surface area contributed by atoms with E-state index < -0.39 is 12.3 Å². The first-order valence-corrected chi connectivity index (χ1v) is 5.45. The Hall–Kier alpha value is -2.12. The van der Waals surface area contributed by atoms with Gasteiger partial charge in [-0.1, -0.05) is 0 Å². The van der Waals surface area contributed by atoms with E-state index in [0.29, 0.717) is 17.0 Å². The Morgan fingerprint density at radius 2 is 1.79 bits per heavy atom. The lowest BCUT2D eigenvalue weighted by Crippen LogP contribution is -2.32. The lowest BCUT2D eigenvalue weighted by Gasteiger charge is -2.16. The van der Waals surface area contributed by atoms with Gasteiger partial charge in [-0.15, -0.1) is 0 Å². The minimum atomic E-state index is -0.767. The second kappa shape index (κ2) is 7.34. The van der Waals surface area contributed by atoms with Crippen molar-refractivity contribution in [3.05, 3.63) is 29.8 Å². The van der Waals surface area contributed by atoms with Crippen molar-refractivity contribution in [3.8, 4) is 5.75 Å². The molecule has 104 valence electrons. The molecule has 0 saturated carbocycles. The summed E-state index contributed by atoms with van der Waals surface area (Å²) in [5.41, 5.74) is 8.25. The van der Waals surface area contributed by atoms with E-state index in [1.165, 1.54) is 14.2 Å². The van der Waals surface area contributed by atoms with Crippen LogP contribution in [0.25, 0.3) is 0 Å². The number of carbonyl (C=O) groups is 1. The number of nitrogens with two attached hydrogens (primary N) is 1. The van der Waals surface area contributed by atoms with Gasteiger partial charge in [-0.2, -0.15) is 5.10 Å². The fourth-order valence-electron chi connectivity index (χ4n) is 1.45. The number of hydrogen-bond acceptors (Lipinski definition) is 5. The summed E-state index contributed by atoms with van der Waals surface area (Å²) in [6, 6.07) is 6.29. The molecule has 1 rings (SSSR count). The van der Waals surface area contributed by atoms with Gasteiger partial charge in [0.05, 0.1) is 7.11 Å². The zero-order valence-electron chi connectivity index (χ0n) is 11.0. The third kappa shape index (κ3) is 4.23. The molecule has 3 N–H and O–H groups in total. The summed E-state index contributed by atoms with van der Waals surface area (Å²) >= 11 is 0. The van der Waals surface area contributed by atoms with Gasteiger partial charge in [0.2, 0.25) is 6.29 Å². The molecular formula is C12H17N3O4. The van der Waals surface area contributed by atoms with E-state index in [1.54, 1.807) is 31.4 Å². The lowest BCUT2D eigenvalue weighted by atomic mass is 10.1. The fourth-order valence-corrected chi connectivity index (χ4v) is 1.45. The molecule has 7 nitrogen and oxygen atoms in total. The van der Waals surface area contributed by atoms with Crippen molar-refractivity contribution in [2.75, 3.05) is 21.3 Å². The highest BCUT2D eigenvalue weighted by Gasteiger charge is 2.17. The molecule has 0 atom stereocenters. The first kappa shape index (κ1) is 14.9. The number of ether oxygens (including phenoxy) is 3. The SMILES string of the molecule is COc1ccc(C(=NNC(N)=O)C(OC)OC)cc1. The highest BCUT2D eigenvalue weighted by molar-refractivity contribution is 6.03. The maximum absolute atomic E-state index is 10.7. The van der Waals surface area contributed by atoms with Crippen LogP contribution in [-0.2, 0) is 9.47 Å². The Balaban J connectivity index is 3.06. The summed E-state index contributed by atoms with van der Waals surface area (Å²) in [5, 5.41) is 3.89. The van der Waals surface area contributed by atoms with Crippen LogP contribution in [0.5, 0.6) is 5.75 Å². The first-order valence-electron chi connectivity index (χ1n) is 5.45. The van der Waals surface area contributed by atoms with Gasteiger partial charge in [-0.05, 0) is 24.3 Å². The molecule has 1 aromatic carbocycles. The molecule has 2 amide bonds. The molecule has 0 radical (unpaired) electrons. The van der Waals surface area contributed by atoms with E-state index >= 15 is 0 Å². The summed E-state index contributed by atoms with van der Waals surface area (Å²) in [6.07, 6.45) is -0.722. The molecule has 0 aliphatic rings. The molecule has 19 heavy (non-hydrogen) atoms. The smallest absolute Gasteiger partial charge is 0.332 e. The number of methoxy groups -OCH3 is 3. The van der Waals surface area contributed by atoms with Crippen LogP contribution in [0.15, 0.2) is 29.4 Å². The zero-order valence-corrected chi connectivity index (χ0v) is 11.0. The minimum Gasteiger partial charge on any atom is -0.497 e. The average molecular weight is 267 g/mol. The average Bonchev–Trinajstić information content (AvgIpc) is 2.43. The predicted molar refractivity (Wildman–Crippen MR) is 70.1 cm³/mol. The van der Waals surface area contributed by atoms with Gasteiger partial charge in [0, 0.05) is 19.8 Å². The van der Waals surface area contributed by atoms with Crippen molar-refractivity contribution in [1.29, 1.82) is 0 Å². The number of urea groups is 1. The van der Waals surface area contributed by atoms with E-state index in [2.05, 4.69) is 10.5 Å². The van der Waals surface area contributed by atoms with Crippen molar-refractivity contribution in [1.82, 2.24) is 5.43 Å². The number of primary amides is 1. The number of nitrogens with one attached hydrogen (secondary N) is 1. The quantitative estimate of drug-likeness (QED) is 0.450. The molecule has 0 spiro atoms. The van der Waals surface area contributed by atoms with E-state index in [9.17, 15) is 4.79 Å². The Labute approximate surface area is 111 Å². The number of hydrazone groups is 1. The molecule has 0 aromatic heterocycles. The molecule has 0 fully saturated rings. The summed E-state index contributed by atoms with van der Waals surface area (Å²) in [7, 11) is 4.51. The zero-order chi connectivity index (χ0) is 14.3. The summed E-state index contributed by atoms with van der Waals surface area (Å²) in [4.78, 5) is 10.7. The van der Waals surface area contributed by atoms with Crippen molar-refractivity contribution in [3.63, 3.8) is 0 Å². The van der Waals surface area contributed by atoms with Crippen LogP contribution in [0, 0.1) is 0 Å². The molecule has 7 heteroatoms. The Bertz CT molecular complexity index is 441. The Morgan fingerprint density at radius 3 is 2.21 bits per heavy atom. The van der Waals surface area contributed by atoms with Crippen LogP contribution in [0.3, 0.4) is 0 Å². The molecule has 0 aliphatic carbocycles. The molecular weight excluding hydrogens is 250 g/mol. The van der Waals surface area contributed by atoms with E-state index in [0.717, 1.165) is 0 Å². The molecule has 0 aliphatic heterocycles. The Kier molecular flexibility index (Phi) is 5.77.